The average Bonchev–Trinajstić information content (AvgIpc) is 2.41. The van der Waals surface area contributed by atoms with Crippen LogP contribution in [0.1, 0.15) is 18.5 Å². The van der Waals surface area contributed by atoms with Gasteiger partial charge in [0.2, 0.25) is 0 Å². The van der Waals surface area contributed by atoms with Gasteiger partial charge in [0.1, 0.15) is 11.6 Å². The summed E-state index contributed by atoms with van der Waals surface area (Å²) in [5.41, 5.74) is 6.53. The summed E-state index contributed by atoms with van der Waals surface area (Å²) in [6, 6.07) is 12.5. The minimum absolute atomic E-state index is 0.158. The van der Waals surface area contributed by atoms with Crippen LogP contribution in [0, 0.1) is 5.82 Å². The van der Waals surface area contributed by atoms with E-state index in [4.69, 9.17) is 10.5 Å². The number of benzene rings is 2. The zero-order chi connectivity index (χ0) is 13.8. The van der Waals surface area contributed by atoms with Crippen molar-refractivity contribution in [1.29, 1.82) is 0 Å². The van der Waals surface area contributed by atoms with Gasteiger partial charge in [-0.05, 0) is 48.9 Å². The second-order valence-corrected chi connectivity index (χ2v) is 5.37. The molecule has 0 spiro atoms. The van der Waals surface area contributed by atoms with Crippen molar-refractivity contribution in [2.75, 3.05) is 7.11 Å². The molecule has 4 heteroatoms. The first kappa shape index (κ1) is 13.9. The van der Waals surface area contributed by atoms with E-state index >= 15 is 0 Å². The zero-order valence-corrected chi connectivity index (χ0v) is 11.7. The number of nitrogens with two attached hydrogens (primary N) is 1. The van der Waals surface area contributed by atoms with Crippen LogP contribution in [-0.2, 0) is 0 Å². The van der Waals surface area contributed by atoms with Crippen molar-refractivity contribution >= 4 is 11.8 Å². The normalized spacial score (nSPS) is 12.2. The highest BCUT2D eigenvalue weighted by atomic mass is 32.2. The van der Waals surface area contributed by atoms with Crippen LogP contribution in [-0.4, -0.2) is 7.11 Å². The second kappa shape index (κ2) is 6.08. The van der Waals surface area contributed by atoms with Crippen LogP contribution in [0.5, 0.6) is 5.75 Å². The van der Waals surface area contributed by atoms with Gasteiger partial charge in [-0.25, -0.2) is 4.39 Å². The maximum absolute atomic E-state index is 13.9. The molecule has 0 saturated carbocycles. The molecule has 0 amide bonds. The molecule has 0 radical (unpaired) electrons. The molecular weight excluding hydrogens is 261 g/mol. The zero-order valence-electron chi connectivity index (χ0n) is 10.9. The number of halogens is 1. The quantitative estimate of drug-likeness (QED) is 0.917. The number of hydrogen-bond acceptors (Lipinski definition) is 3. The molecule has 19 heavy (non-hydrogen) atoms. The van der Waals surface area contributed by atoms with Crippen molar-refractivity contribution in [3.8, 4) is 5.75 Å². The molecule has 2 nitrogen and oxygen atoms in total. The summed E-state index contributed by atoms with van der Waals surface area (Å²) >= 11 is 1.38. The maximum atomic E-state index is 13.9. The van der Waals surface area contributed by atoms with Gasteiger partial charge in [0.15, 0.2) is 0 Å². The van der Waals surface area contributed by atoms with Gasteiger partial charge in [-0.1, -0.05) is 17.8 Å². The van der Waals surface area contributed by atoms with Crippen LogP contribution in [0.15, 0.2) is 52.3 Å². The Morgan fingerprint density at radius 3 is 2.37 bits per heavy atom. The molecule has 0 bridgehead atoms. The van der Waals surface area contributed by atoms with Crippen molar-refractivity contribution in [3.05, 3.63) is 53.8 Å². The van der Waals surface area contributed by atoms with Gasteiger partial charge < -0.3 is 10.5 Å². The molecule has 0 saturated heterocycles. The largest absolute Gasteiger partial charge is 0.497 e. The fourth-order valence-electron chi connectivity index (χ4n) is 1.65. The summed E-state index contributed by atoms with van der Waals surface area (Å²) in [5, 5.41) is 0. The van der Waals surface area contributed by atoms with Gasteiger partial charge in [-0.3, -0.25) is 0 Å². The molecule has 2 rings (SSSR count). The van der Waals surface area contributed by atoms with Crippen molar-refractivity contribution in [2.45, 2.75) is 22.8 Å². The summed E-state index contributed by atoms with van der Waals surface area (Å²) in [4.78, 5) is 1.56. The lowest BCUT2D eigenvalue weighted by atomic mass is 10.1. The van der Waals surface area contributed by atoms with E-state index in [-0.39, 0.29) is 11.9 Å². The first-order valence-electron chi connectivity index (χ1n) is 5.97. The monoisotopic (exact) mass is 277 g/mol. The molecule has 2 aromatic carbocycles. The van der Waals surface area contributed by atoms with Crippen molar-refractivity contribution in [3.63, 3.8) is 0 Å². The van der Waals surface area contributed by atoms with E-state index in [0.29, 0.717) is 4.90 Å². The number of methoxy groups -OCH3 is 1. The van der Waals surface area contributed by atoms with E-state index in [2.05, 4.69) is 0 Å². The van der Waals surface area contributed by atoms with Crippen LogP contribution < -0.4 is 10.5 Å². The van der Waals surface area contributed by atoms with Crippen LogP contribution in [0.2, 0.25) is 0 Å². The first-order chi connectivity index (χ1) is 9.10. The Balaban J connectivity index is 2.18. The molecule has 0 aliphatic heterocycles. The third-order valence-electron chi connectivity index (χ3n) is 2.77. The van der Waals surface area contributed by atoms with E-state index in [1.165, 1.54) is 17.8 Å². The van der Waals surface area contributed by atoms with Crippen LogP contribution in [0.25, 0.3) is 0 Å². The first-order valence-corrected chi connectivity index (χ1v) is 6.78. The SMILES string of the molecule is COc1ccc(Sc2ccc([C@H](C)N)cc2F)cc1. The highest BCUT2D eigenvalue weighted by Crippen LogP contribution is 2.31. The summed E-state index contributed by atoms with van der Waals surface area (Å²) < 4.78 is 19.0. The third kappa shape index (κ3) is 3.49. The minimum Gasteiger partial charge on any atom is -0.497 e. The lowest BCUT2D eigenvalue weighted by Crippen LogP contribution is -2.05. The Morgan fingerprint density at radius 1 is 1.16 bits per heavy atom. The van der Waals surface area contributed by atoms with Crippen molar-refractivity contribution in [1.82, 2.24) is 0 Å². The number of rotatable bonds is 4. The van der Waals surface area contributed by atoms with E-state index < -0.39 is 0 Å². The van der Waals surface area contributed by atoms with Gasteiger partial charge in [0.05, 0.1) is 7.11 Å². The molecular formula is C15H16FNOS. The lowest BCUT2D eigenvalue weighted by molar-refractivity contribution is 0.414. The van der Waals surface area contributed by atoms with Crippen LogP contribution >= 0.6 is 11.8 Å². The summed E-state index contributed by atoms with van der Waals surface area (Å²) in [5.74, 6) is 0.549. The van der Waals surface area contributed by atoms with Gasteiger partial charge in [0, 0.05) is 15.8 Å². The van der Waals surface area contributed by atoms with Crippen LogP contribution in [0.3, 0.4) is 0 Å². The van der Waals surface area contributed by atoms with Gasteiger partial charge in [-0.15, -0.1) is 0 Å². The Bertz CT molecular complexity index is 555. The molecule has 0 aromatic heterocycles. The second-order valence-electron chi connectivity index (χ2n) is 4.26. The molecule has 0 heterocycles. The minimum atomic E-state index is -0.240. The van der Waals surface area contributed by atoms with Crippen molar-refractivity contribution < 1.29 is 9.13 Å². The average molecular weight is 277 g/mol. The third-order valence-corrected chi connectivity index (χ3v) is 3.83. The van der Waals surface area contributed by atoms with Gasteiger partial charge >= 0.3 is 0 Å². The van der Waals surface area contributed by atoms with E-state index in [1.807, 2.05) is 37.3 Å². The Morgan fingerprint density at radius 2 is 1.84 bits per heavy atom. The number of ether oxygens (including phenoxy) is 1. The van der Waals surface area contributed by atoms with Crippen LogP contribution in [0.4, 0.5) is 4.39 Å². The highest BCUT2D eigenvalue weighted by Gasteiger charge is 2.07. The predicted molar refractivity (Wildman–Crippen MR) is 76.1 cm³/mol. The molecule has 0 unspecified atom stereocenters. The molecule has 1 atom stereocenters. The highest BCUT2D eigenvalue weighted by molar-refractivity contribution is 7.99. The molecule has 0 aliphatic rings. The lowest BCUT2D eigenvalue weighted by Gasteiger charge is -2.09. The smallest absolute Gasteiger partial charge is 0.137 e. The molecule has 2 aromatic rings. The molecule has 0 fully saturated rings. The van der Waals surface area contributed by atoms with E-state index in [9.17, 15) is 4.39 Å². The standard InChI is InChI=1S/C15H16FNOS/c1-10(17)11-3-8-15(14(16)9-11)19-13-6-4-12(18-2)5-7-13/h3-10H,17H2,1-2H3/t10-/m0/s1. The van der Waals surface area contributed by atoms with Gasteiger partial charge in [0.25, 0.3) is 0 Å². The predicted octanol–water partition coefficient (Wildman–Crippen LogP) is 4.01. The number of hydrogen-bond donors (Lipinski definition) is 1. The maximum Gasteiger partial charge on any atom is 0.137 e. The van der Waals surface area contributed by atoms with Crippen molar-refractivity contribution in [2.24, 2.45) is 5.73 Å². The molecule has 0 aliphatic carbocycles. The molecule has 100 valence electrons. The molecule has 2 N–H and O–H groups in total. The fourth-order valence-corrected chi connectivity index (χ4v) is 2.47. The Hall–Kier alpha value is -1.52. The summed E-state index contributed by atoms with van der Waals surface area (Å²) in [7, 11) is 1.62. The Labute approximate surface area is 116 Å². The fraction of sp³-hybridized carbons (Fsp3) is 0.200. The van der Waals surface area contributed by atoms with Gasteiger partial charge in [-0.2, -0.15) is 0 Å². The Kier molecular flexibility index (Phi) is 4.45. The summed E-state index contributed by atoms with van der Waals surface area (Å²) in [6.07, 6.45) is 0. The van der Waals surface area contributed by atoms with E-state index in [0.717, 1.165) is 16.2 Å². The summed E-state index contributed by atoms with van der Waals surface area (Å²) in [6.45, 7) is 1.84. The van der Waals surface area contributed by atoms with E-state index in [1.54, 1.807) is 13.2 Å². The topological polar surface area (TPSA) is 35.2 Å².